The second-order valence-corrected chi connectivity index (χ2v) is 3.74. The van der Waals surface area contributed by atoms with Crippen LogP contribution >= 0.6 is 24.0 Å². The molecule has 0 saturated heterocycles. The summed E-state index contributed by atoms with van der Waals surface area (Å²) < 4.78 is 5.58. The second kappa shape index (κ2) is 5.40. The molecule has 0 radical (unpaired) electrons. The van der Waals surface area contributed by atoms with Crippen molar-refractivity contribution in [3.8, 4) is 5.75 Å². The Morgan fingerprint density at radius 3 is 3.00 bits per heavy atom. The highest BCUT2D eigenvalue weighted by atomic mass is 35.5. The molecule has 1 aromatic rings. The lowest BCUT2D eigenvalue weighted by Gasteiger charge is -2.17. The first-order chi connectivity index (χ1) is 6.79. The van der Waals surface area contributed by atoms with E-state index in [1.54, 1.807) is 0 Å². The zero-order valence-electron chi connectivity index (χ0n) is 8.42. The molecule has 1 aliphatic rings. The summed E-state index contributed by atoms with van der Waals surface area (Å²) in [4.78, 5) is 0. The molecule has 0 unspecified atom stereocenters. The van der Waals surface area contributed by atoms with Crippen LogP contribution in [0.4, 0.5) is 0 Å². The summed E-state index contributed by atoms with van der Waals surface area (Å²) in [6.07, 6.45) is 2.13. The van der Waals surface area contributed by atoms with Gasteiger partial charge in [0.15, 0.2) is 0 Å². The van der Waals surface area contributed by atoms with Gasteiger partial charge in [-0.15, -0.1) is 12.4 Å². The summed E-state index contributed by atoms with van der Waals surface area (Å²) in [7, 11) is 1.92. The van der Waals surface area contributed by atoms with Crippen LogP contribution in [0.2, 0.25) is 5.02 Å². The van der Waals surface area contributed by atoms with Crippen molar-refractivity contribution in [3.05, 3.63) is 34.4 Å². The number of rotatable bonds is 2. The van der Waals surface area contributed by atoms with Crippen LogP contribution in [-0.2, 0) is 0 Å². The van der Waals surface area contributed by atoms with E-state index in [0.717, 1.165) is 22.9 Å². The van der Waals surface area contributed by atoms with Gasteiger partial charge in [0, 0.05) is 17.1 Å². The van der Waals surface area contributed by atoms with Crippen molar-refractivity contribution < 1.29 is 4.74 Å². The molecule has 0 amide bonds. The number of fused-ring (bicyclic) bond motifs is 1. The lowest BCUT2D eigenvalue weighted by Crippen LogP contribution is -2.17. The molecule has 0 bridgehead atoms. The lowest BCUT2D eigenvalue weighted by molar-refractivity contribution is 0.344. The first kappa shape index (κ1) is 12.4. The molecule has 82 valence electrons. The minimum atomic E-state index is 0. The summed E-state index contributed by atoms with van der Waals surface area (Å²) >= 11 is 5.90. The van der Waals surface area contributed by atoms with Gasteiger partial charge in [0.05, 0.1) is 0 Å². The van der Waals surface area contributed by atoms with E-state index in [1.807, 2.05) is 25.2 Å². The summed E-state index contributed by atoms with van der Waals surface area (Å²) in [6.45, 7) is 1.52. The van der Waals surface area contributed by atoms with E-state index in [9.17, 15) is 0 Å². The Morgan fingerprint density at radius 2 is 2.27 bits per heavy atom. The van der Waals surface area contributed by atoms with Gasteiger partial charge in [-0.3, -0.25) is 0 Å². The van der Waals surface area contributed by atoms with Gasteiger partial charge in [0.1, 0.15) is 12.4 Å². The predicted molar refractivity (Wildman–Crippen MR) is 66.1 cm³/mol. The Hall–Kier alpha value is -0.700. The number of ether oxygens (including phenoxy) is 1. The molecule has 1 aliphatic heterocycles. The number of hydrogen-bond acceptors (Lipinski definition) is 2. The first-order valence-corrected chi connectivity index (χ1v) is 4.94. The van der Waals surface area contributed by atoms with Gasteiger partial charge >= 0.3 is 0 Å². The van der Waals surface area contributed by atoms with Crippen molar-refractivity contribution in [2.24, 2.45) is 0 Å². The van der Waals surface area contributed by atoms with Crippen LogP contribution in [0, 0.1) is 0 Å². The van der Waals surface area contributed by atoms with Gasteiger partial charge in [-0.1, -0.05) is 11.6 Å². The van der Waals surface area contributed by atoms with Crippen molar-refractivity contribution in [3.63, 3.8) is 0 Å². The van der Waals surface area contributed by atoms with Crippen LogP contribution in [0.15, 0.2) is 23.8 Å². The number of likely N-dealkylation sites (N-methyl/N-ethyl adjacent to an activating group) is 1. The molecule has 2 rings (SSSR count). The van der Waals surface area contributed by atoms with Crippen LogP contribution < -0.4 is 10.1 Å². The number of benzene rings is 1. The van der Waals surface area contributed by atoms with Gasteiger partial charge < -0.3 is 10.1 Å². The molecule has 1 N–H and O–H groups in total. The zero-order valence-corrected chi connectivity index (χ0v) is 9.99. The SMILES string of the molecule is CNCC1=Cc2cc(Cl)ccc2OC1.Cl. The average molecular weight is 246 g/mol. The molecule has 0 spiro atoms. The van der Waals surface area contributed by atoms with E-state index >= 15 is 0 Å². The molecule has 0 aromatic heterocycles. The monoisotopic (exact) mass is 245 g/mol. The van der Waals surface area contributed by atoms with Gasteiger partial charge in [-0.2, -0.15) is 0 Å². The molecular formula is C11H13Cl2NO. The summed E-state index contributed by atoms with van der Waals surface area (Å²) in [6, 6.07) is 5.67. The predicted octanol–water partition coefficient (Wildman–Crippen LogP) is 2.76. The summed E-state index contributed by atoms with van der Waals surface area (Å²) in [5, 5.41) is 3.85. The van der Waals surface area contributed by atoms with Crippen LogP contribution in [0.1, 0.15) is 5.56 Å². The molecule has 4 heteroatoms. The van der Waals surface area contributed by atoms with E-state index in [-0.39, 0.29) is 12.4 Å². The van der Waals surface area contributed by atoms with Crippen LogP contribution in [-0.4, -0.2) is 20.2 Å². The highest BCUT2D eigenvalue weighted by Crippen LogP contribution is 2.28. The minimum absolute atomic E-state index is 0. The summed E-state index contributed by atoms with van der Waals surface area (Å²) in [5.74, 6) is 0.911. The third kappa shape index (κ3) is 2.88. The highest BCUT2D eigenvalue weighted by molar-refractivity contribution is 6.30. The van der Waals surface area contributed by atoms with Gasteiger partial charge in [0.2, 0.25) is 0 Å². The Labute approximate surface area is 101 Å². The quantitative estimate of drug-likeness (QED) is 0.866. The van der Waals surface area contributed by atoms with Crippen molar-refractivity contribution in [2.75, 3.05) is 20.2 Å². The van der Waals surface area contributed by atoms with Crippen LogP contribution in [0.25, 0.3) is 6.08 Å². The van der Waals surface area contributed by atoms with E-state index in [2.05, 4.69) is 11.4 Å². The minimum Gasteiger partial charge on any atom is -0.489 e. The Bertz CT molecular complexity index is 377. The Morgan fingerprint density at radius 1 is 1.47 bits per heavy atom. The highest BCUT2D eigenvalue weighted by Gasteiger charge is 2.10. The third-order valence-corrected chi connectivity index (χ3v) is 2.38. The zero-order chi connectivity index (χ0) is 9.97. The fourth-order valence-electron chi connectivity index (χ4n) is 1.52. The van der Waals surface area contributed by atoms with Gasteiger partial charge in [0.25, 0.3) is 0 Å². The molecular weight excluding hydrogens is 233 g/mol. The number of halogens is 2. The van der Waals surface area contributed by atoms with Crippen molar-refractivity contribution in [1.29, 1.82) is 0 Å². The number of nitrogens with one attached hydrogen (secondary N) is 1. The maximum absolute atomic E-state index is 5.90. The van der Waals surface area contributed by atoms with E-state index in [4.69, 9.17) is 16.3 Å². The molecule has 0 fully saturated rings. The molecule has 0 atom stereocenters. The molecule has 1 aromatic carbocycles. The standard InChI is InChI=1S/C11H12ClNO.ClH/c1-13-6-8-4-9-5-10(12)2-3-11(9)14-7-8;/h2-5,13H,6-7H2,1H3;1H. The first-order valence-electron chi connectivity index (χ1n) is 4.56. The topological polar surface area (TPSA) is 21.3 Å². The molecule has 2 nitrogen and oxygen atoms in total. The smallest absolute Gasteiger partial charge is 0.127 e. The molecule has 0 saturated carbocycles. The Balaban J connectivity index is 0.00000112. The van der Waals surface area contributed by atoms with E-state index in [1.165, 1.54) is 5.57 Å². The molecule has 1 heterocycles. The normalized spacial score (nSPS) is 13.3. The maximum Gasteiger partial charge on any atom is 0.127 e. The van der Waals surface area contributed by atoms with E-state index in [0.29, 0.717) is 6.61 Å². The average Bonchev–Trinajstić information content (AvgIpc) is 2.17. The van der Waals surface area contributed by atoms with Crippen molar-refractivity contribution in [2.45, 2.75) is 0 Å². The van der Waals surface area contributed by atoms with Gasteiger partial charge in [-0.05, 0) is 36.9 Å². The van der Waals surface area contributed by atoms with Crippen LogP contribution in [0.5, 0.6) is 5.75 Å². The van der Waals surface area contributed by atoms with Crippen LogP contribution in [0.3, 0.4) is 0 Å². The summed E-state index contributed by atoms with van der Waals surface area (Å²) in [5.41, 5.74) is 2.30. The second-order valence-electron chi connectivity index (χ2n) is 3.30. The fourth-order valence-corrected chi connectivity index (χ4v) is 1.71. The number of hydrogen-bond donors (Lipinski definition) is 1. The van der Waals surface area contributed by atoms with Crippen molar-refractivity contribution in [1.82, 2.24) is 5.32 Å². The van der Waals surface area contributed by atoms with Gasteiger partial charge in [-0.25, -0.2) is 0 Å². The van der Waals surface area contributed by atoms with Crippen molar-refractivity contribution >= 4 is 30.1 Å². The maximum atomic E-state index is 5.90. The fraction of sp³-hybridized carbons (Fsp3) is 0.273. The lowest BCUT2D eigenvalue weighted by atomic mass is 10.1. The van der Waals surface area contributed by atoms with E-state index < -0.39 is 0 Å². The molecule has 0 aliphatic carbocycles. The largest absolute Gasteiger partial charge is 0.489 e. The third-order valence-electron chi connectivity index (χ3n) is 2.15. The molecule has 15 heavy (non-hydrogen) atoms. The Kier molecular flexibility index (Phi) is 4.45.